The molecule has 1 saturated heterocycles. The molecular weight excluding hydrogens is 360 g/mol. The van der Waals surface area contributed by atoms with Gasteiger partial charge in [0, 0.05) is 24.2 Å². The van der Waals surface area contributed by atoms with Gasteiger partial charge in [-0.2, -0.15) is 9.40 Å². The van der Waals surface area contributed by atoms with Crippen LogP contribution in [0.3, 0.4) is 0 Å². The molecule has 1 fully saturated rings. The molecule has 25 heavy (non-hydrogen) atoms. The predicted molar refractivity (Wildman–Crippen MR) is 96.4 cm³/mol. The highest BCUT2D eigenvalue weighted by atomic mass is 32.2. The number of aromatic nitrogens is 2. The number of hydrogen-bond donors (Lipinski definition) is 2. The minimum Gasteiger partial charge on any atom is -0.321 e. The van der Waals surface area contributed by atoms with Crippen LogP contribution in [-0.4, -0.2) is 41.9 Å². The molecule has 0 bridgehead atoms. The highest BCUT2D eigenvalue weighted by Crippen LogP contribution is 2.28. The first-order valence-electron chi connectivity index (χ1n) is 7.88. The number of fused-ring (bicyclic) bond motifs is 1. The molecule has 2 N–H and O–H groups in total. The number of nitrogens with zero attached hydrogens (tertiary/aromatic N) is 2. The molecule has 2 aromatic heterocycles. The summed E-state index contributed by atoms with van der Waals surface area (Å²) >= 11 is 1.13. The fraction of sp³-hybridized carbons (Fsp3) is 0.250. The second-order valence-electron chi connectivity index (χ2n) is 5.85. The molecule has 3 aromatic rings. The third kappa shape index (κ3) is 2.94. The lowest BCUT2D eigenvalue weighted by molar-refractivity contribution is 0.102. The van der Waals surface area contributed by atoms with Gasteiger partial charge in [-0.15, -0.1) is 11.3 Å². The smallest absolute Gasteiger partial charge is 0.267 e. The van der Waals surface area contributed by atoms with Crippen LogP contribution in [0.5, 0.6) is 0 Å². The highest BCUT2D eigenvalue weighted by Gasteiger charge is 2.31. The summed E-state index contributed by atoms with van der Waals surface area (Å²) in [4.78, 5) is 12.9. The number of aromatic amines is 1. The maximum absolute atomic E-state index is 12.8. The topological polar surface area (TPSA) is 95.2 Å². The van der Waals surface area contributed by atoms with E-state index in [-0.39, 0.29) is 9.77 Å². The summed E-state index contributed by atoms with van der Waals surface area (Å²) in [5, 5.41) is 12.1. The Labute approximate surface area is 148 Å². The molecule has 3 heterocycles. The van der Waals surface area contributed by atoms with Crippen molar-refractivity contribution in [3.05, 3.63) is 40.7 Å². The summed E-state index contributed by atoms with van der Waals surface area (Å²) in [6.07, 6.45) is 3.38. The van der Waals surface area contributed by atoms with Gasteiger partial charge in [-0.05, 0) is 42.5 Å². The average Bonchev–Trinajstić information content (AvgIpc) is 3.33. The van der Waals surface area contributed by atoms with Gasteiger partial charge >= 0.3 is 0 Å². The standard InChI is InChI=1S/C16H16N4O3S2/c21-16(18-12-3-4-13-11(9-12)10-17-19-13)15-14(5-8-24-15)25(22,23)20-6-1-2-7-20/h3-5,8-10H,1-2,6-7H2,(H,17,19)(H,18,21). The molecule has 1 aromatic carbocycles. The molecule has 0 aliphatic carbocycles. The van der Waals surface area contributed by atoms with Crippen LogP contribution in [0.15, 0.2) is 40.7 Å². The van der Waals surface area contributed by atoms with Gasteiger partial charge in [0.25, 0.3) is 5.91 Å². The zero-order valence-corrected chi connectivity index (χ0v) is 14.9. The fourth-order valence-electron chi connectivity index (χ4n) is 2.94. The van der Waals surface area contributed by atoms with Crippen LogP contribution in [0.25, 0.3) is 10.9 Å². The number of nitrogens with one attached hydrogen (secondary N) is 2. The Balaban J connectivity index is 1.61. The zero-order valence-electron chi connectivity index (χ0n) is 13.2. The minimum absolute atomic E-state index is 0.0845. The highest BCUT2D eigenvalue weighted by molar-refractivity contribution is 7.89. The lowest BCUT2D eigenvalue weighted by Gasteiger charge is -2.15. The lowest BCUT2D eigenvalue weighted by atomic mass is 10.2. The van der Waals surface area contributed by atoms with E-state index in [1.54, 1.807) is 23.7 Å². The number of carbonyl (C=O) groups is 1. The fourth-order valence-corrected chi connectivity index (χ4v) is 5.76. The number of anilines is 1. The van der Waals surface area contributed by atoms with Crippen LogP contribution in [0.2, 0.25) is 0 Å². The Bertz CT molecular complexity index is 1030. The van der Waals surface area contributed by atoms with Crippen molar-refractivity contribution in [3.8, 4) is 0 Å². The molecule has 130 valence electrons. The number of sulfonamides is 1. The maximum atomic E-state index is 12.8. The number of H-pyrrole nitrogens is 1. The van der Waals surface area contributed by atoms with Crippen LogP contribution >= 0.6 is 11.3 Å². The molecule has 4 rings (SSSR count). The van der Waals surface area contributed by atoms with Crippen molar-refractivity contribution in [1.82, 2.24) is 14.5 Å². The second-order valence-corrected chi connectivity index (χ2v) is 8.67. The van der Waals surface area contributed by atoms with E-state index in [0.717, 1.165) is 35.1 Å². The van der Waals surface area contributed by atoms with E-state index < -0.39 is 15.9 Å². The summed E-state index contributed by atoms with van der Waals surface area (Å²) in [6.45, 7) is 1.02. The largest absolute Gasteiger partial charge is 0.321 e. The van der Waals surface area contributed by atoms with Crippen molar-refractivity contribution in [2.45, 2.75) is 17.7 Å². The number of thiophene rings is 1. The van der Waals surface area contributed by atoms with Crippen LogP contribution in [-0.2, 0) is 10.0 Å². The molecule has 0 radical (unpaired) electrons. The first kappa shape index (κ1) is 16.2. The summed E-state index contributed by atoms with van der Waals surface area (Å²) in [6, 6.07) is 6.86. The Morgan fingerprint density at radius 3 is 2.84 bits per heavy atom. The Kier molecular flexibility index (Phi) is 4.06. The molecule has 7 nitrogen and oxygen atoms in total. The number of benzene rings is 1. The monoisotopic (exact) mass is 376 g/mol. The third-order valence-electron chi connectivity index (χ3n) is 4.22. The van der Waals surface area contributed by atoms with Crippen molar-refractivity contribution >= 4 is 43.9 Å². The van der Waals surface area contributed by atoms with E-state index in [1.807, 2.05) is 6.07 Å². The van der Waals surface area contributed by atoms with E-state index in [0.29, 0.717) is 18.8 Å². The molecule has 1 aliphatic heterocycles. The van der Waals surface area contributed by atoms with E-state index in [2.05, 4.69) is 15.5 Å². The first-order chi connectivity index (χ1) is 12.1. The normalized spacial score (nSPS) is 15.7. The molecule has 1 aliphatic rings. The van der Waals surface area contributed by atoms with Crippen molar-refractivity contribution in [1.29, 1.82) is 0 Å². The number of amides is 1. The summed E-state index contributed by atoms with van der Waals surface area (Å²) in [5.74, 6) is -0.421. The molecule has 0 spiro atoms. The maximum Gasteiger partial charge on any atom is 0.267 e. The van der Waals surface area contributed by atoms with Crippen LogP contribution in [0.1, 0.15) is 22.5 Å². The predicted octanol–water partition coefficient (Wildman–Crippen LogP) is 2.66. The van der Waals surface area contributed by atoms with Gasteiger partial charge in [0.1, 0.15) is 9.77 Å². The molecule has 1 amide bonds. The van der Waals surface area contributed by atoms with Crippen molar-refractivity contribution in [2.24, 2.45) is 0 Å². The SMILES string of the molecule is O=C(Nc1ccc2[nH]ncc2c1)c1sccc1S(=O)(=O)N1CCCC1. The van der Waals surface area contributed by atoms with Crippen LogP contribution in [0.4, 0.5) is 5.69 Å². The summed E-state index contributed by atoms with van der Waals surface area (Å²) in [5.41, 5.74) is 1.46. The van der Waals surface area contributed by atoms with E-state index in [4.69, 9.17) is 0 Å². The molecular formula is C16H16N4O3S2. The van der Waals surface area contributed by atoms with Crippen molar-refractivity contribution in [3.63, 3.8) is 0 Å². The molecule has 0 saturated carbocycles. The van der Waals surface area contributed by atoms with Crippen molar-refractivity contribution in [2.75, 3.05) is 18.4 Å². The van der Waals surface area contributed by atoms with E-state index in [9.17, 15) is 13.2 Å². The average molecular weight is 376 g/mol. The molecule has 9 heteroatoms. The van der Waals surface area contributed by atoms with Gasteiger partial charge in [-0.3, -0.25) is 9.89 Å². The number of carbonyl (C=O) groups excluding carboxylic acids is 1. The van der Waals surface area contributed by atoms with E-state index >= 15 is 0 Å². The van der Waals surface area contributed by atoms with Crippen molar-refractivity contribution < 1.29 is 13.2 Å². The van der Waals surface area contributed by atoms with Gasteiger partial charge in [-0.25, -0.2) is 8.42 Å². The Morgan fingerprint density at radius 1 is 1.24 bits per heavy atom. The Morgan fingerprint density at radius 2 is 2.04 bits per heavy atom. The zero-order chi connectivity index (χ0) is 17.4. The van der Waals surface area contributed by atoms with Gasteiger partial charge in [0.2, 0.25) is 10.0 Å². The summed E-state index contributed by atoms with van der Waals surface area (Å²) in [7, 11) is -3.62. The number of hydrogen-bond acceptors (Lipinski definition) is 5. The second kappa shape index (κ2) is 6.25. The lowest BCUT2D eigenvalue weighted by Crippen LogP contribution is -2.29. The van der Waals surface area contributed by atoms with Crippen LogP contribution in [0, 0.1) is 0 Å². The number of rotatable bonds is 4. The summed E-state index contributed by atoms with van der Waals surface area (Å²) < 4.78 is 27.0. The molecule has 0 unspecified atom stereocenters. The van der Waals surface area contributed by atoms with Gasteiger partial charge in [-0.1, -0.05) is 0 Å². The third-order valence-corrected chi connectivity index (χ3v) is 7.20. The van der Waals surface area contributed by atoms with E-state index in [1.165, 1.54) is 10.4 Å². The first-order valence-corrected chi connectivity index (χ1v) is 10.2. The quantitative estimate of drug-likeness (QED) is 0.732. The Hall–Kier alpha value is -2.23. The van der Waals surface area contributed by atoms with Gasteiger partial charge in [0.05, 0.1) is 11.7 Å². The van der Waals surface area contributed by atoms with Gasteiger partial charge < -0.3 is 5.32 Å². The van der Waals surface area contributed by atoms with Crippen LogP contribution < -0.4 is 5.32 Å². The minimum atomic E-state index is -3.62. The van der Waals surface area contributed by atoms with Gasteiger partial charge in [0.15, 0.2) is 0 Å². The molecule has 0 atom stereocenters.